The number of amides is 2. The van der Waals surface area contributed by atoms with Crippen LogP contribution in [0, 0.1) is 0 Å². The number of halogens is 1. The molecule has 3 heterocycles. The van der Waals surface area contributed by atoms with Crippen molar-refractivity contribution < 1.29 is 19.1 Å². The van der Waals surface area contributed by atoms with Crippen molar-refractivity contribution in [1.82, 2.24) is 0 Å². The van der Waals surface area contributed by atoms with Gasteiger partial charge in [-0.2, -0.15) is 0 Å². The van der Waals surface area contributed by atoms with Crippen molar-refractivity contribution in [3.05, 3.63) is 75.6 Å². The van der Waals surface area contributed by atoms with E-state index < -0.39 is 5.91 Å². The molecule has 1 aromatic heterocycles. The highest BCUT2D eigenvalue weighted by Crippen LogP contribution is 2.38. The zero-order valence-electron chi connectivity index (χ0n) is 15.6. The molecule has 0 bridgehead atoms. The van der Waals surface area contributed by atoms with Gasteiger partial charge in [0.2, 0.25) is 0 Å². The number of ether oxygens (including phenoxy) is 2. The Labute approximate surface area is 181 Å². The van der Waals surface area contributed by atoms with Gasteiger partial charge in [0.05, 0.1) is 11.3 Å². The number of rotatable bonds is 4. The Morgan fingerprint density at radius 2 is 1.70 bits per heavy atom. The third-order valence-electron chi connectivity index (χ3n) is 4.75. The van der Waals surface area contributed by atoms with Crippen LogP contribution in [-0.4, -0.2) is 25.0 Å². The van der Waals surface area contributed by atoms with Crippen molar-refractivity contribution in [2.75, 3.05) is 23.4 Å². The zero-order chi connectivity index (χ0) is 20.7. The summed E-state index contributed by atoms with van der Waals surface area (Å²) in [6.45, 7) is 0.956. The molecule has 2 amide bonds. The van der Waals surface area contributed by atoms with E-state index in [1.165, 1.54) is 11.3 Å². The molecule has 0 atom stereocenters. The van der Waals surface area contributed by atoms with Gasteiger partial charge >= 0.3 is 0 Å². The molecule has 1 N–H and O–H groups in total. The number of thiophene rings is 1. The van der Waals surface area contributed by atoms with Gasteiger partial charge in [-0.15, -0.1) is 11.3 Å². The average Bonchev–Trinajstić information content (AvgIpc) is 3.36. The normalized spacial score (nSPS) is 15.7. The molecular formula is C22H15ClN2O4S. The molecule has 0 saturated heterocycles. The van der Waals surface area contributed by atoms with Crippen molar-refractivity contribution in [2.24, 2.45) is 0 Å². The number of benzene rings is 2. The van der Waals surface area contributed by atoms with Crippen LogP contribution in [-0.2, 0) is 9.59 Å². The van der Waals surface area contributed by atoms with E-state index in [9.17, 15) is 9.59 Å². The van der Waals surface area contributed by atoms with Crippen LogP contribution in [0.25, 0.3) is 5.57 Å². The first-order valence-electron chi connectivity index (χ1n) is 9.21. The van der Waals surface area contributed by atoms with Gasteiger partial charge in [-0.05, 0) is 47.8 Å². The number of nitrogens with zero attached hydrogens (tertiary/aromatic N) is 1. The maximum atomic E-state index is 13.3. The molecule has 150 valence electrons. The van der Waals surface area contributed by atoms with Crippen LogP contribution >= 0.6 is 22.9 Å². The van der Waals surface area contributed by atoms with E-state index in [4.69, 9.17) is 21.1 Å². The molecule has 0 saturated carbocycles. The third-order valence-corrected chi connectivity index (χ3v) is 5.89. The summed E-state index contributed by atoms with van der Waals surface area (Å²) in [5.74, 6) is 0.428. The number of nitrogens with one attached hydrogen (secondary N) is 1. The summed E-state index contributed by atoms with van der Waals surface area (Å²) in [4.78, 5) is 28.4. The molecule has 2 aliphatic heterocycles. The fourth-order valence-corrected chi connectivity index (χ4v) is 4.28. The molecule has 0 radical (unpaired) electrons. The lowest BCUT2D eigenvalue weighted by Gasteiger charge is -2.19. The third kappa shape index (κ3) is 3.22. The fourth-order valence-electron chi connectivity index (χ4n) is 3.39. The standard InChI is InChI=1S/C22H15ClN2O4S/c23-13-3-6-15(7-4-13)25-21(26)19(18-2-1-11-30-18)20(22(25)27)24-14-5-8-16-17(12-14)29-10-9-28-16/h1-8,11-12,24H,9-10H2. The van der Waals surface area contributed by atoms with E-state index in [1.807, 2.05) is 17.5 Å². The number of carbonyl (C=O) groups is 2. The van der Waals surface area contributed by atoms with E-state index >= 15 is 0 Å². The van der Waals surface area contributed by atoms with Crippen LogP contribution in [0.2, 0.25) is 5.02 Å². The molecule has 3 aromatic rings. The Morgan fingerprint density at radius 1 is 0.933 bits per heavy atom. The summed E-state index contributed by atoms with van der Waals surface area (Å²) in [6.07, 6.45) is 0. The Hall–Kier alpha value is -3.29. The van der Waals surface area contributed by atoms with Gasteiger partial charge in [-0.25, -0.2) is 4.90 Å². The minimum Gasteiger partial charge on any atom is -0.486 e. The molecule has 30 heavy (non-hydrogen) atoms. The first-order chi connectivity index (χ1) is 14.6. The van der Waals surface area contributed by atoms with Gasteiger partial charge in [-0.3, -0.25) is 9.59 Å². The van der Waals surface area contributed by atoms with Gasteiger partial charge in [-0.1, -0.05) is 17.7 Å². The summed E-state index contributed by atoms with van der Waals surface area (Å²) >= 11 is 7.36. The maximum Gasteiger partial charge on any atom is 0.282 e. The summed E-state index contributed by atoms with van der Waals surface area (Å²) in [7, 11) is 0. The SMILES string of the molecule is O=C1C(Nc2ccc3c(c2)OCCO3)=C(c2cccs2)C(=O)N1c1ccc(Cl)cc1. The van der Waals surface area contributed by atoms with Gasteiger partial charge in [0, 0.05) is 21.7 Å². The smallest absolute Gasteiger partial charge is 0.282 e. The topological polar surface area (TPSA) is 67.9 Å². The highest BCUT2D eigenvalue weighted by molar-refractivity contribution is 7.11. The summed E-state index contributed by atoms with van der Waals surface area (Å²) in [5.41, 5.74) is 1.64. The van der Waals surface area contributed by atoms with Crippen LogP contribution in [0.4, 0.5) is 11.4 Å². The van der Waals surface area contributed by atoms with Crippen molar-refractivity contribution >= 4 is 51.7 Å². The second-order valence-electron chi connectivity index (χ2n) is 6.63. The van der Waals surface area contributed by atoms with Crippen molar-refractivity contribution in [1.29, 1.82) is 0 Å². The Kier molecular flexibility index (Phi) is 4.69. The predicted octanol–water partition coefficient (Wildman–Crippen LogP) is 4.57. The van der Waals surface area contributed by atoms with E-state index in [2.05, 4.69) is 5.32 Å². The number of imide groups is 1. The van der Waals surface area contributed by atoms with E-state index in [1.54, 1.807) is 42.5 Å². The number of anilines is 2. The van der Waals surface area contributed by atoms with Gasteiger partial charge in [0.1, 0.15) is 18.9 Å². The van der Waals surface area contributed by atoms with E-state index in [0.29, 0.717) is 51.6 Å². The Balaban J connectivity index is 1.55. The quantitative estimate of drug-likeness (QED) is 0.604. The molecule has 0 aliphatic carbocycles. The summed E-state index contributed by atoms with van der Waals surface area (Å²) in [5, 5.41) is 5.53. The van der Waals surface area contributed by atoms with E-state index in [0.717, 1.165) is 4.90 Å². The lowest BCUT2D eigenvalue weighted by atomic mass is 10.1. The van der Waals surface area contributed by atoms with Crippen molar-refractivity contribution in [3.63, 3.8) is 0 Å². The maximum absolute atomic E-state index is 13.3. The monoisotopic (exact) mass is 438 g/mol. The van der Waals surface area contributed by atoms with Crippen LogP contribution in [0.5, 0.6) is 11.5 Å². The second-order valence-corrected chi connectivity index (χ2v) is 8.02. The minimum atomic E-state index is -0.430. The van der Waals surface area contributed by atoms with Gasteiger partial charge in [0.15, 0.2) is 11.5 Å². The molecule has 8 heteroatoms. The fraction of sp³-hybridized carbons (Fsp3) is 0.0909. The number of hydrogen-bond donors (Lipinski definition) is 1. The van der Waals surface area contributed by atoms with E-state index in [-0.39, 0.29) is 11.6 Å². The number of hydrogen-bond acceptors (Lipinski definition) is 6. The largest absolute Gasteiger partial charge is 0.486 e. The molecule has 6 nitrogen and oxygen atoms in total. The van der Waals surface area contributed by atoms with Crippen LogP contribution in [0.15, 0.2) is 65.7 Å². The average molecular weight is 439 g/mol. The first-order valence-corrected chi connectivity index (χ1v) is 10.5. The highest BCUT2D eigenvalue weighted by Gasteiger charge is 2.40. The molecule has 2 aromatic carbocycles. The summed E-state index contributed by atoms with van der Waals surface area (Å²) < 4.78 is 11.2. The van der Waals surface area contributed by atoms with Crippen molar-refractivity contribution in [3.8, 4) is 11.5 Å². The molecular weight excluding hydrogens is 424 g/mol. The Morgan fingerprint density at radius 3 is 2.43 bits per heavy atom. The molecule has 2 aliphatic rings. The number of fused-ring (bicyclic) bond motifs is 1. The molecule has 0 fully saturated rings. The minimum absolute atomic E-state index is 0.217. The zero-order valence-corrected chi connectivity index (χ0v) is 17.1. The second kappa shape index (κ2) is 7.51. The number of carbonyl (C=O) groups excluding carboxylic acids is 2. The van der Waals surface area contributed by atoms with Crippen LogP contribution in [0.1, 0.15) is 4.88 Å². The summed E-state index contributed by atoms with van der Waals surface area (Å²) in [6, 6.07) is 15.6. The highest BCUT2D eigenvalue weighted by atomic mass is 35.5. The van der Waals surface area contributed by atoms with Crippen LogP contribution in [0.3, 0.4) is 0 Å². The molecule has 0 spiro atoms. The van der Waals surface area contributed by atoms with Gasteiger partial charge in [0.25, 0.3) is 11.8 Å². The van der Waals surface area contributed by atoms with Crippen LogP contribution < -0.4 is 19.7 Å². The lowest BCUT2D eigenvalue weighted by Crippen LogP contribution is -2.32. The molecule has 0 unspecified atom stereocenters. The lowest BCUT2D eigenvalue weighted by molar-refractivity contribution is -0.120. The predicted molar refractivity (Wildman–Crippen MR) is 116 cm³/mol. The molecule has 5 rings (SSSR count). The van der Waals surface area contributed by atoms with Gasteiger partial charge < -0.3 is 14.8 Å². The first kappa shape index (κ1) is 18.7. The Bertz CT molecular complexity index is 1170. The van der Waals surface area contributed by atoms with Crippen molar-refractivity contribution in [2.45, 2.75) is 0 Å².